The Morgan fingerprint density at radius 2 is 0.765 bits per heavy atom. The number of amides is 4. The summed E-state index contributed by atoms with van der Waals surface area (Å²) in [7, 11) is 0. The Kier molecular flexibility index (Phi) is 5.78. The van der Waals surface area contributed by atoms with Crippen molar-refractivity contribution in [2.45, 2.75) is 0 Å². The maximum absolute atomic E-state index is 12.3. The summed E-state index contributed by atoms with van der Waals surface area (Å²) in [5.41, 5.74) is 2.87. The van der Waals surface area contributed by atoms with Crippen molar-refractivity contribution in [3.63, 3.8) is 0 Å². The predicted molar refractivity (Wildman–Crippen MR) is 140 cm³/mol. The van der Waals surface area contributed by atoms with E-state index in [4.69, 9.17) is 0 Å². The van der Waals surface area contributed by atoms with E-state index in [0.29, 0.717) is 11.4 Å². The van der Waals surface area contributed by atoms with Crippen molar-refractivity contribution >= 4 is 56.4 Å². The van der Waals surface area contributed by atoms with Crippen LogP contribution in [0, 0.1) is 0 Å². The van der Waals surface area contributed by atoms with Gasteiger partial charge in [-0.15, -0.1) is 0 Å². The minimum absolute atomic E-state index is 0.296. The van der Waals surface area contributed by atoms with E-state index in [1.807, 2.05) is 97.1 Å². The molecule has 0 atom stereocenters. The average Bonchev–Trinajstić information content (AvgIpc) is 2.84. The number of fused-ring (bicyclic) bond motifs is 2. The summed E-state index contributed by atoms with van der Waals surface area (Å²) in [5.74, 6) is 0. The Morgan fingerprint density at radius 3 is 1.18 bits per heavy atom. The SMILES string of the molecule is O=C(Nc1ccccc1)Nc1ccc2cc3cc(NC(=O)Nc4ccccc4)ccc3cc2c1. The zero-order valence-electron chi connectivity index (χ0n) is 18.2. The van der Waals surface area contributed by atoms with Gasteiger partial charge in [0.05, 0.1) is 0 Å². The lowest BCUT2D eigenvalue weighted by molar-refractivity contribution is 0.261. The molecule has 0 aliphatic heterocycles. The molecule has 0 spiro atoms. The van der Waals surface area contributed by atoms with Gasteiger partial charge in [0.2, 0.25) is 0 Å². The van der Waals surface area contributed by atoms with Crippen molar-refractivity contribution in [1.82, 2.24) is 0 Å². The van der Waals surface area contributed by atoms with Crippen molar-refractivity contribution in [2.24, 2.45) is 0 Å². The number of carbonyl (C=O) groups is 2. The summed E-state index contributed by atoms with van der Waals surface area (Å²) in [6.07, 6.45) is 0. The number of nitrogens with one attached hydrogen (secondary N) is 4. The van der Waals surface area contributed by atoms with Gasteiger partial charge < -0.3 is 21.3 Å². The first kappa shape index (κ1) is 21.0. The first-order valence-electron chi connectivity index (χ1n) is 10.9. The van der Waals surface area contributed by atoms with Crippen LogP contribution < -0.4 is 21.3 Å². The van der Waals surface area contributed by atoms with E-state index in [-0.39, 0.29) is 12.1 Å². The normalized spacial score (nSPS) is 10.6. The van der Waals surface area contributed by atoms with E-state index in [2.05, 4.69) is 33.4 Å². The minimum Gasteiger partial charge on any atom is -0.308 e. The van der Waals surface area contributed by atoms with Crippen LogP contribution in [-0.4, -0.2) is 12.1 Å². The van der Waals surface area contributed by atoms with Gasteiger partial charge in [-0.2, -0.15) is 0 Å². The molecular formula is C28H22N4O2. The van der Waals surface area contributed by atoms with Crippen LogP contribution in [0.1, 0.15) is 0 Å². The van der Waals surface area contributed by atoms with Crippen LogP contribution in [0.25, 0.3) is 21.5 Å². The molecule has 5 aromatic rings. The molecule has 0 fully saturated rings. The van der Waals surface area contributed by atoms with Gasteiger partial charge in [-0.1, -0.05) is 48.5 Å². The Bertz CT molecular complexity index is 1370. The predicted octanol–water partition coefficient (Wildman–Crippen LogP) is 7.28. The third-order valence-electron chi connectivity index (χ3n) is 5.37. The molecule has 0 aromatic heterocycles. The van der Waals surface area contributed by atoms with E-state index in [1.165, 1.54) is 0 Å². The second kappa shape index (κ2) is 9.34. The van der Waals surface area contributed by atoms with E-state index in [0.717, 1.165) is 32.9 Å². The van der Waals surface area contributed by atoms with Crippen LogP contribution in [-0.2, 0) is 0 Å². The maximum Gasteiger partial charge on any atom is 0.323 e. The Balaban J connectivity index is 1.31. The van der Waals surface area contributed by atoms with E-state index in [9.17, 15) is 9.59 Å². The molecule has 34 heavy (non-hydrogen) atoms. The highest BCUT2D eigenvalue weighted by Crippen LogP contribution is 2.27. The monoisotopic (exact) mass is 446 g/mol. The van der Waals surface area contributed by atoms with Crippen LogP contribution in [0.2, 0.25) is 0 Å². The number of urea groups is 2. The van der Waals surface area contributed by atoms with Crippen molar-refractivity contribution in [3.05, 3.63) is 109 Å². The molecule has 5 aromatic carbocycles. The van der Waals surface area contributed by atoms with E-state index >= 15 is 0 Å². The molecule has 0 heterocycles. The summed E-state index contributed by atoms with van der Waals surface area (Å²) >= 11 is 0. The van der Waals surface area contributed by atoms with Gasteiger partial charge in [0, 0.05) is 22.7 Å². The zero-order chi connectivity index (χ0) is 23.3. The summed E-state index contributed by atoms with van der Waals surface area (Å²) in [6.45, 7) is 0. The molecule has 5 rings (SSSR count). The zero-order valence-corrected chi connectivity index (χ0v) is 18.2. The molecule has 0 aliphatic rings. The summed E-state index contributed by atoms with van der Waals surface area (Å²) in [5, 5.41) is 15.5. The largest absolute Gasteiger partial charge is 0.323 e. The van der Waals surface area contributed by atoms with Crippen LogP contribution in [0.3, 0.4) is 0 Å². The fraction of sp³-hybridized carbons (Fsp3) is 0. The third kappa shape index (κ3) is 4.97. The Labute approximate surface area is 196 Å². The van der Waals surface area contributed by atoms with E-state index < -0.39 is 0 Å². The lowest BCUT2D eigenvalue weighted by Gasteiger charge is -2.11. The van der Waals surface area contributed by atoms with E-state index in [1.54, 1.807) is 0 Å². The smallest absolute Gasteiger partial charge is 0.308 e. The number of rotatable bonds is 4. The fourth-order valence-corrected chi connectivity index (χ4v) is 3.78. The molecule has 4 amide bonds. The second-order valence-electron chi connectivity index (χ2n) is 7.87. The number of para-hydroxylation sites is 2. The van der Waals surface area contributed by atoms with Gasteiger partial charge in [0.25, 0.3) is 0 Å². The first-order valence-corrected chi connectivity index (χ1v) is 10.9. The van der Waals surface area contributed by atoms with Gasteiger partial charge in [-0.3, -0.25) is 0 Å². The van der Waals surface area contributed by atoms with Crippen molar-refractivity contribution in [3.8, 4) is 0 Å². The molecule has 0 aliphatic carbocycles. The summed E-state index contributed by atoms with van der Waals surface area (Å²) in [6, 6.07) is 33.7. The minimum atomic E-state index is -0.296. The topological polar surface area (TPSA) is 82.3 Å². The molecule has 6 nitrogen and oxygen atoms in total. The highest BCUT2D eigenvalue weighted by atomic mass is 16.2. The van der Waals surface area contributed by atoms with Crippen molar-refractivity contribution in [1.29, 1.82) is 0 Å². The maximum atomic E-state index is 12.3. The molecule has 0 saturated heterocycles. The molecule has 0 bridgehead atoms. The number of carbonyl (C=O) groups excluding carboxylic acids is 2. The lowest BCUT2D eigenvalue weighted by Crippen LogP contribution is -2.19. The Morgan fingerprint density at radius 1 is 0.382 bits per heavy atom. The van der Waals surface area contributed by atoms with Crippen molar-refractivity contribution in [2.75, 3.05) is 21.3 Å². The van der Waals surface area contributed by atoms with Gasteiger partial charge in [-0.05, 0) is 82.2 Å². The standard InChI is InChI=1S/C28H22N4O2/c33-27(29-23-7-3-1-4-8-23)31-25-13-11-19-16-22-18-26(14-12-20(22)15-21(19)17-25)32-28(34)30-24-9-5-2-6-10-24/h1-18H,(H2,29,31,33)(H2,30,32,34). The van der Waals surface area contributed by atoms with Crippen LogP contribution >= 0.6 is 0 Å². The molecule has 166 valence electrons. The molecule has 0 saturated carbocycles. The molecule has 0 unspecified atom stereocenters. The van der Waals surface area contributed by atoms with Gasteiger partial charge in [0.1, 0.15) is 0 Å². The number of benzene rings is 5. The van der Waals surface area contributed by atoms with Gasteiger partial charge in [-0.25, -0.2) is 9.59 Å². The number of anilines is 4. The lowest BCUT2D eigenvalue weighted by atomic mass is 10.0. The number of hydrogen-bond donors (Lipinski definition) is 4. The van der Waals surface area contributed by atoms with Crippen LogP contribution in [0.5, 0.6) is 0 Å². The fourth-order valence-electron chi connectivity index (χ4n) is 3.78. The summed E-state index contributed by atoms with van der Waals surface area (Å²) in [4.78, 5) is 24.6. The first-order chi connectivity index (χ1) is 16.6. The highest BCUT2D eigenvalue weighted by molar-refractivity contribution is 6.05. The van der Waals surface area contributed by atoms with Crippen LogP contribution in [0.15, 0.2) is 109 Å². The van der Waals surface area contributed by atoms with Gasteiger partial charge in [0.15, 0.2) is 0 Å². The van der Waals surface area contributed by atoms with Crippen LogP contribution in [0.4, 0.5) is 32.3 Å². The van der Waals surface area contributed by atoms with Gasteiger partial charge >= 0.3 is 12.1 Å². The quantitative estimate of drug-likeness (QED) is 0.219. The number of hydrogen-bond acceptors (Lipinski definition) is 2. The third-order valence-corrected chi connectivity index (χ3v) is 5.37. The molecular weight excluding hydrogens is 424 g/mol. The Hall–Kier alpha value is -4.84. The molecule has 0 radical (unpaired) electrons. The second-order valence-corrected chi connectivity index (χ2v) is 7.87. The van der Waals surface area contributed by atoms with Crippen molar-refractivity contribution < 1.29 is 9.59 Å². The highest BCUT2D eigenvalue weighted by Gasteiger charge is 2.07. The molecule has 4 N–H and O–H groups in total. The average molecular weight is 447 g/mol. The molecule has 6 heteroatoms. The summed E-state index contributed by atoms with van der Waals surface area (Å²) < 4.78 is 0.